The Morgan fingerprint density at radius 1 is 1.53 bits per heavy atom. The second kappa shape index (κ2) is 4.18. The number of nitro groups is 1. The van der Waals surface area contributed by atoms with Crippen molar-refractivity contribution in [1.82, 2.24) is 9.78 Å². The first-order valence-corrected chi connectivity index (χ1v) is 5.11. The van der Waals surface area contributed by atoms with Crippen molar-refractivity contribution in [2.24, 2.45) is 7.05 Å². The van der Waals surface area contributed by atoms with Crippen molar-refractivity contribution in [1.29, 1.82) is 0 Å². The predicted molar refractivity (Wildman–Crippen MR) is 58.3 cm³/mol. The Morgan fingerprint density at radius 3 is 2.47 bits per heavy atom. The van der Waals surface area contributed by atoms with Crippen LogP contribution in [0.4, 0.5) is 5.69 Å². The quantitative estimate of drug-likeness (QED) is 0.456. The molecule has 0 saturated carbocycles. The van der Waals surface area contributed by atoms with Crippen molar-refractivity contribution >= 4 is 17.3 Å². The molecule has 0 N–H and O–H groups in total. The summed E-state index contributed by atoms with van der Waals surface area (Å²) in [5.41, 5.74) is 1.10. The summed E-state index contributed by atoms with van der Waals surface area (Å²) in [6.45, 7) is 5.31. The zero-order valence-electron chi connectivity index (χ0n) is 9.19. The molecule has 15 heavy (non-hydrogen) atoms. The molecule has 0 saturated heterocycles. The molecule has 0 aliphatic rings. The summed E-state index contributed by atoms with van der Waals surface area (Å²) in [5, 5.41) is 14.8. The van der Waals surface area contributed by atoms with Crippen LogP contribution in [0.1, 0.15) is 31.2 Å². The molecule has 5 nitrogen and oxygen atoms in total. The summed E-state index contributed by atoms with van der Waals surface area (Å²) < 4.78 is 1.54. The minimum Gasteiger partial charge on any atom is -0.265 e. The van der Waals surface area contributed by atoms with Crippen LogP contribution in [0.3, 0.4) is 0 Å². The van der Waals surface area contributed by atoms with Crippen molar-refractivity contribution < 1.29 is 4.92 Å². The number of hydrogen-bond donors (Lipinski definition) is 0. The van der Waals surface area contributed by atoms with Crippen LogP contribution < -0.4 is 0 Å². The van der Waals surface area contributed by atoms with Gasteiger partial charge in [0.25, 0.3) is 0 Å². The van der Waals surface area contributed by atoms with Gasteiger partial charge in [-0.25, -0.2) is 0 Å². The fraction of sp³-hybridized carbons (Fsp3) is 0.667. The molecule has 2 unspecified atom stereocenters. The number of aryl methyl sites for hydroxylation is 2. The van der Waals surface area contributed by atoms with E-state index in [4.69, 9.17) is 11.6 Å². The van der Waals surface area contributed by atoms with Gasteiger partial charge in [-0.3, -0.25) is 14.8 Å². The van der Waals surface area contributed by atoms with E-state index in [1.807, 2.05) is 13.8 Å². The van der Waals surface area contributed by atoms with Crippen LogP contribution >= 0.6 is 11.6 Å². The van der Waals surface area contributed by atoms with E-state index in [0.29, 0.717) is 11.4 Å². The maximum Gasteiger partial charge on any atom is 0.313 e. The zero-order chi connectivity index (χ0) is 11.7. The Labute approximate surface area is 93.2 Å². The molecule has 1 aromatic heterocycles. The van der Waals surface area contributed by atoms with Gasteiger partial charge in [0.1, 0.15) is 11.4 Å². The Kier molecular flexibility index (Phi) is 3.34. The van der Waals surface area contributed by atoms with E-state index in [1.54, 1.807) is 14.0 Å². The average Bonchev–Trinajstić information content (AvgIpc) is 2.39. The zero-order valence-corrected chi connectivity index (χ0v) is 9.95. The number of aromatic nitrogens is 2. The van der Waals surface area contributed by atoms with Gasteiger partial charge in [0.15, 0.2) is 0 Å². The summed E-state index contributed by atoms with van der Waals surface area (Å²) >= 11 is 5.96. The van der Waals surface area contributed by atoms with Crippen LogP contribution in [-0.4, -0.2) is 20.1 Å². The third kappa shape index (κ3) is 2.12. The summed E-state index contributed by atoms with van der Waals surface area (Å²) in [4.78, 5) is 10.5. The third-order valence-electron chi connectivity index (χ3n) is 2.54. The maximum absolute atomic E-state index is 10.9. The Balaban J connectivity index is 3.32. The molecule has 0 aliphatic carbocycles. The van der Waals surface area contributed by atoms with Gasteiger partial charge in [-0.2, -0.15) is 5.10 Å². The lowest BCUT2D eigenvalue weighted by molar-refractivity contribution is -0.386. The molecule has 0 radical (unpaired) electrons. The Morgan fingerprint density at radius 2 is 2.07 bits per heavy atom. The highest BCUT2D eigenvalue weighted by molar-refractivity contribution is 6.20. The molecule has 0 amide bonds. The summed E-state index contributed by atoms with van der Waals surface area (Å²) in [5.74, 6) is -0.0988. The van der Waals surface area contributed by atoms with Crippen LogP contribution in [-0.2, 0) is 7.05 Å². The first-order valence-electron chi connectivity index (χ1n) is 4.68. The standard InChI is InChI=1S/C9H14ClN3O2/c1-5(6(2)10)8-9(13(14)15)7(3)11-12(8)4/h5-6H,1-4H3. The lowest BCUT2D eigenvalue weighted by Crippen LogP contribution is -2.12. The largest absolute Gasteiger partial charge is 0.313 e. The molecule has 6 heteroatoms. The third-order valence-corrected chi connectivity index (χ3v) is 2.91. The van der Waals surface area contributed by atoms with Crippen LogP contribution in [0.5, 0.6) is 0 Å². The van der Waals surface area contributed by atoms with Crippen LogP contribution in [0.2, 0.25) is 0 Å². The summed E-state index contributed by atoms with van der Waals surface area (Å²) in [7, 11) is 1.70. The number of rotatable bonds is 3. The summed E-state index contributed by atoms with van der Waals surface area (Å²) in [6, 6.07) is 0. The molecule has 2 atom stereocenters. The normalized spacial score (nSPS) is 15.0. The number of nitrogens with zero attached hydrogens (tertiary/aromatic N) is 3. The van der Waals surface area contributed by atoms with Crippen LogP contribution in [0.15, 0.2) is 0 Å². The molecule has 1 aromatic rings. The van der Waals surface area contributed by atoms with E-state index in [1.165, 1.54) is 4.68 Å². The molecule has 1 heterocycles. The first-order chi connectivity index (χ1) is 6.86. The van der Waals surface area contributed by atoms with Gasteiger partial charge in [0.2, 0.25) is 0 Å². The van der Waals surface area contributed by atoms with Crippen molar-refractivity contribution in [3.8, 4) is 0 Å². The first kappa shape index (κ1) is 12.0. The molecule has 0 aliphatic heterocycles. The SMILES string of the molecule is Cc1nn(C)c(C(C)C(C)Cl)c1[N+](=O)[O-]. The number of alkyl halides is 1. The average molecular weight is 232 g/mol. The molecule has 0 bridgehead atoms. The monoisotopic (exact) mass is 231 g/mol. The molecule has 0 aromatic carbocycles. The summed E-state index contributed by atoms with van der Waals surface area (Å²) in [6.07, 6.45) is 0. The molecular weight excluding hydrogens is 218 g/mol. The fourth-order valence-corrected chi connectivity index (χ4v) is 1.74. The van der Waals surface area contributed by atoms with Crippen molar-refractivity contribution in [2.45, 2.75) is 32.1 Å². The minimum atomic E-state index is -0.395. The van der Waals surface area contributed by atoms with Crippen molar-refractivity contribution in [2.75, 3.05) is 0 Å². The second-order valence-electron chi connectivity index (χ2n) is 3.67. The number of halogens is 1. The second-order valence-corrected chi connectivity index (χ2v) is 4.35. The van der Waals surface area contributed by atoms with E-state index in [0.717, 1.165) is 0 Å². The Hall–Kier alpha value is -1.10. The van der Waals surface area contributed by atoms with Crippen LogP contribution in [0.25, 0.3) is 0 Å². The van der Waals surface area contributed by atoms with Gasteiger partial charge in [-0.05, 0) is 13.8 Å². The molecule has 0 fully saturated rings. The lowest BCUT2D eigenvalue weighted by atomic mass is 10.0. The smallest absolute Gasteiger partial charge is 0.265 e. The van der Waals surface area contributed by atoms with Gasteiger partial charge in [0.05, 0.1) is 4.92 Å². The highest BCUT2D eigenvalue weighted by Gasteiger charge is 2.29. The maximum atomic E-state index is 10.9. The van der Waals surface area contributed by atoms with Gasteiger partial charge in [0, 0.05) is 18.3 Å². The topological polar surface area (TPSA) is 61.0 Å². The highest BCUT2D eigenvalue weighted by Crippen LogP contribution is 2.32. The van der Waals surface area contributed by atoms with E-state index in [9.17, 15) is 10.1 Å². The highest BCUT2D eigenvalue weighted by atomic mass is 35.5. The van der Waals surface area contributed by atoms with Crippen molar-refractivity contribution in [3.05, 3.63) is 21.5 Å². The van der Waals surface area contributed by atoms with Gasteiger partial charge >= 0.3 is 5.69 Å². The van der Waals surface area contributed by atoms with E-state index in [2.05, 4.69) is 5.10 Å². The van der Waals surface area contributed by atoms with E-state index < -0.39 is 4.92 Å². The fourth-order valence-electron chi connectivity index (χ4n) is 1.62. The van der Waals surface area contributed by atoms with Gasteiger partial charge in [-0.15, -0.1) is 11.6 Å². The van der Waals surface area contributed by atoms with E-state index >= 15 is 0 Å². The minimum absolute atomic E-state index is 0.0810. The Bertz CT molecular complexity index is 387. The molecule has 0 spiro atoms. The van der Waals surface area contributed by atoms with Gasteiger partial charge in [-0.1, -0.05) is 6.92 Å². The van der Waals surface area contributed by atoms with Crippen molar-refractivity contribution in [3.63, 3.8) is 0 Å². The molecule has 1 rings (SSSR count). The van der Waals surface area contributed by atoms with Crippen LogP contribution in [0, 0.1) is 17.0 Å². The van der Waals surface area contributed by atoms with E-state index in [-0.39, 0.29) is 17.0 Å². The number of hydrogen-bond acceptors (Lipinski definition) is 3. The predicted octanol–water partition coefficient (Wildman–Crippen LogP) is 2.37. The lowest BCUT2D eigenvalue weighted by Gasteiger charge is -2.13. The van der Waals surface area contributed by atoms with Gasteiger partial charge < -0.3 is 0 Å². The molecular formula is C9H14ClN3O2. The molecule has 84 valence electrons.